The molecule has 0 saturated carbocycles. The first-order valence-electron chi connectivity index (χ1n) is 8.61. The summed E-state index contributed by atoms with van der Waals surface area (Å²) in [4.78, 5) is 26.7. The molecule has 0 N–H and O–H groups in total. The number of benzene rings is 1. The molecule has 1 aromatic rings. The first-order valence-corrected chi connectivity index (χ1v) is 8.61. The molecule has 25 heavy (non-hydrogen) atoms. The van der Waals surface area contributed by atoms with Crippen LogP contribution in [0.15, 0.2) is 24.3 Å². The van der Waals surface area contributed by atoms with Crippen LogP contribution in [-0.4, -0.2) is 57.3 Å². The minimum absolute atomic E-state index is 0.0259. The maximum Gasteiger partial charge on any atom is 0.314 e. The quantitative estimate of drug-likeness (QED) is 0.705. The first kappa shape index (κ1) is 19.2. The van der Waals surface area contributed by atoms with Crippen LogP contribution in [0.3, 0.4) is 0 Å². The van der Waals surface area contributed by atoms with Gasteiger partial charge in [-0.25, -0.2) is 0 Å². The Bertz CT molecular complexity index is 603. The fourth-order valence-corrected chi connectivity index (χ4v) is 3.40. The van der Waals surface area contributed by atoms with Gasteiger partial charge in [-0.2, -0.15) is 0 Å². The molecule has 1 aliphatic rings. The Kier molecular flexibility index (Phi) is 6.82. The molecule has 1 saturated heterocycles. The highest BCUT2D eigenvalue weighted by molar-refractivity contribution is 5.81. The van der Waals surface area contributed by atoms with E-state index in [0.717, 1.165) is 17.7 Å². The Morgan fingerprint density at radius 2 is 2.08 bits per heavy atom. The molecule has 2 rings (SSSR count). The molecule has 0 aromatic heterocycles. The topological polar surface area (TPSA) is 65.1 Å². The van der Waals surface area contributed by atoms with Crippen molar-refractivity contribution in [2.75, 3.05) is 40.5 Å². The van der Waals surface area contributed by atoms with Gasteiger partial charge in [-0.15, -0.1) is 0 Å². The minimum Gasteiger partial charge on any atom is -0.497 e. The average molecular weight is 349 g/mol. The molecular weight excluding hydrogens is 322 g/mol. The molecule has 0 radical (unpaired) electrons. The third-order valence-electron chi connectivity index (χ3n) is 4.58. The monoisotopic (exact) mass is 349 g/mol. The van der Waals surface area contributed by atoms with E-state index in [1.165, 1.54) is 7.11 Å². The second-order valence-corrected chi connectivity index (χ2v) is 6.38. The molecule has 1 fully saturated rings. The summed E-state index contributed by atoms with van der Waals surface area (Å²) < 4.78 is 15.6. The number of piperidine rings is 1. The van der Waals surface area contributed by atoms with Gasteiger partial charge in [-0.3, -0.25) is 9.59 Å². The normalized spacial score (nSPS) is 20.2. The fourth-order valence-electron chi connectivity index (χ4n) is 3.40. The van der Waals surface area contributed by atoms with E-state index in [1.807, 2.05) is 24.3 Å². The van der Waals surface area contributed by atoms with Crippen molar-refractivity contribution < 1.29 is 23.8 Å². The van der Waals surface area contributed by atoms with E-state index < -0.39 is 5.41 Å². The molecule has 1 amide bonds. The van der Waals surface area contributed by atoms with Gasteiger partial charge in [0.1, 0.15) is 12.4 Å². The highest BCUT2D eigenvalue weighted by atomic mass is 16.5. The van der Waals surface area contributed by atoms with Crippen molar-refractivity contribution in [3.8, 4) is 5.75 Å². The lowest BCUT2D eigenvalue weighted by Gasteiger charge is -2.41. The van der Waals surface area contributed by atoms with Crippen LogP contribution in [0.5, 0.6) is 5.75 Å². The van der Waals surface area contributed by atoms with Gasteiger partial charge in [0.25, 0.3) is 0 Å². The smallest absolute Gasteiger partial charge is 0.314 e. The number of hydrogen-bond donors (Lipinski definition) is 0. The number of amides is 1. The number of likely N-dealkylation sites (tertiary alicyclic amines) is 1. The number of esters is 1. The Morgan fingerprint density at radius 1 is 1.28 bits per heavy atom. The van der Waals surface area contributed by atoms with Crippen molar-refractivity contribution >= 4 is 11.9 Å². The van der Waals surface area contributed by atoms with Gasteiger partial charge >= 0.3 is 5.97 Å². The predicted octanol–water partition coefficient (Wildman–Crippen LogP) is 2.06. The van der Waals surface area contributed by atoms with Crippen molar-refractivity contribution in [3.63, 3.8) is 0 Å². The van der Waals surface area contributed by atoms with E-state index in [2.05, 4.69) is 0 Å². The van der Waals surface area contributed by atoms with Gasteiger partial charge in [-0.05, 0) is 43.9 Å². The summed E-state index contributed by atoms with van der Waals surface area (Å²) >= 11 is 0. The summed E-state index contributed by atoms with van der Waals surface area (Å²) in [6.07, 6.45) is 1.97. The van der Waals surface area contributed by atoms with Gasteiger partial charge in [0.2, 0.25) is 5.91 Å². The predicted molar refractivity (Wildman–Crippen MR) is 93.5 cm³/mol. The number of carbonyl (C=O) groups is 2. The minimum atomic E-state index is -0.732. The first-order chi connectivity index (χ1) is 12.0. The summed E-state index contributed by atoms with van der Waals surface area (Å²) in [5, 5.41) is 0. The molecule has 0 aliphatic carbocycles. The highest BCUT2D eigenvalue weighted by Crippen LogP contribution is 2.36. The van der Waals surface area contributed by atoms with Crippen molar-refractivity contribution in [2.24, 2.45) is 5.41 Å². The van der Waals surface area contributed by atoms with E-state index in [1.54, 1.807) is 18.9 Å². The van der Waals surface area contributed by atoms with E-state index in [0.29, 0.717) is 32.5 Å². The van der Waals surface area contributed by atoms with Crippen molar-refractivity contribution in [1.82, 2.24) is 4.90 Å². The zero-order chi connectivity index (χ0) is 18.3. The Morgan fingerprint density at radius 3 is 2.76 bits per heavy atom. The Hall–Kier alpha value is -2.08. The van der Waals surface area contributed by atoms with Crippen molar-refractivity contribution in [1.29, 1.82) is 0 Å². The highest BCUT2D eigenvalue weighted by Gasteiger charge is 2.44. The van der Waals surface area contributed by atoms with E-state index >= 15 is 0 Å². The second-order valence-electron chi connectivity index (χ2n) is 6.38. The van der Waals surface area contributed by atoms with Crippen LogP contribution < -0.4 is 4.74 Å². The Labute approximate surface area is 149 Å². The zero-order valence-electron chi connectivity index (χ0n) is 15.2. The lowest BCUT2D eigenvalue weighted by atomic mass is 9.75. The third kappa shape index (κ3) is 4.72. The maximum absolute atomic E-state index is 12.8. The third-order valence-corrected chi connectivity index (χ3v) is 4.58. The van der Waals surface area contributed by atoms with Gasteiger partial charge < -0.3 is 19.1 Å². The van der Waals surface area contributed by atoms with Crippen LogP contribution in [0.25, 0.3) is 0 Å². The SMILES string of the molecule is CCOC(=O)[C@@]1(Cc2cccc(OC)c2)CCCN(C(=O)COC)C1. The van der Waals surface area contributed by atoms with Crippen molar-refractivity contribution in [2.45, 2.75) is 26.2 Å². The Balaban J connectivity index is 2.27. The van der Waals surface area contributed by atoms with Crippen molar-refractivity contribution in [3.05, 3.63) is 29.8 Å². The average Bonchev–Trinajstić information content (AvgIpc) is 2.62. The standard InChI is InChI=1S/C19H27NO5/c1-4-25-18(22)19(12-15-7-5-8-16(11-15)24-3)9-6-10-20(14-19)17(21)13-23-2/h5,7-8,11H,4,6,9-10,12-14H2,1-3H3/t19-/m1/s1. The van der Waals surface area contributed by atoms with Crippen LogP contribution in [0, 0.1) is 5.41 Å². The molecule has 0 bridgehead atoms. The maximum atomic E-state index is 12.8. The van der Waals surface area contributed by atoms with E-state index in [-0.39, 0.29) is 18.5 Å². The molecule has 0 spiro atoms. The van der Waals surface area contributed by atoms with E-state index in [9.17, 15) is 9.59 Å². The van der Waals surface area contributed by atoms with Gasteiger partial charge in [0, 0.05) is 20.2 Å². The number of methoxy groups -OCH3 is 2. The van der Waals surface area contributed by atoms with Crippen LogP contribution in [-0.2, 0) is 25.5 Å². The number of nitrogens with zero attached hydrogens (tertiary/aromatic N) is 1. The van der Waals surface area contributed by atoms with Crippen LogP contribution in [0.4, 0.5) is 0 Å². The molecule has 6 heteroatoms. The summed E-state index contributed by atoms with van der Waals surface area (Å²) in [5.41, 5.74) is 0.262. The summed E-state index contributed by atoms with van der Waals surface area (Å²) in [5.74, 6) is 0.411. The number of carbonyl (C=O) groups excluding carboxylic acids is 2. The molecule has 1 aromatic carbocycles. The number of ether oxygens (including phenoxy) is 3. The molecule has 1 heterocycles. The number of rotatable bonds is 7. The van der Waals surface area contributed by atoms with Gasteiger partial charge in [-0.1, -0.05) is 12.1 Å². The van der Waals surface area contributed by atoms with Gasteiger partial charge in [0.05, 0.1) is 19.1 Å². The molecule has 138 valence electrons. The molecule has 0 unspecified atom stereocenters. The van der Waals surface area contributed by atoms with Crippen LogP contribution in [0.2, 0.25) is 0 Å². The number of hydrogen-bond acceptors (Lipinski definition) is 5. The summed E-state index contributed by atoms with van der Waals surface area (Å²) in [7, 11) is 3.11. The molecular formula is C19H27NO5. The lowest BCUT2D eigenvalue weighted by Crippen LogP contribution is -2.52. The lowest BCUT2D eigenvalue weighted by molar-refractivity contribution is -0.161. The molecule has 1 atom stereocenters. The zero-order valence-corrected chi connectivity index (χ0v) is 15.2. The van der Waals surface area contributed by atoms with E-state index in [4.69, 9.17) is 14.2 Å². The molecule has 6 nitrogen and oxygen atoms in total. The van der Waals surface area contributed by atoms with Crippen LogP contribution in [0.1, 0.15) is 25.3 Å². The van der Waals surface area contributed by atoms with Gasteiger partial charge in [0.15, 0.2) is 0 Å². The summed E-state index contributed by atoms with van der Waals surface area (Å²) in [6.45, 7) is 3.14. The van der Waals surface area contributed by atoms with Crippen LogP contribution >= 0.6 is 0 Å². The summed E-state index contributed by atoms with van der Waals surface area (Å²) in [6, 6.07) is 7.68. The largest absolute Gasteiger partial charge is 0.497 e. The molecule has 1 aliphatic heterocycles. The fraction of sp³-hybridized carbons (Fsp3) is 0.579. The second kappa shape index (κ2) is 8.85.